The summed E-state index contributed by atoms with van der Waals surface area (Å²) in [5.74, 6) is -1.40. The van der Waals surface area contributed by atoms with Crippen molar-refractivity contribution in [2.45, 2.75) is 27.7 Å². The fourth-order valence-electron chi connectivity index (χ4n) is 1.59. The first-order chi connectivity index (χ1) is 8.20. The number of hydrogen-bond donors (Lipinski definition) is 1. The van der Waals surface area contributed by atoms with Gasteiger partial charge in [-0.05, 0) is 12.3 Å². The highest BCUT2D eigenvalue weighted by Crippen LogP contribution is 2.18. The van der Waals surface area contributed by atoms with Crippen LogP contribution in [0.25, 0.3) is 0 Å². The first-order valence-corrected chi connectivity index (χ1v) is 5.62. The van der Waals surface area contributed by atoms with Gasteiger partial charge in [-0.15, -0.1) is 0 Å². The van der Waals surface area contributed by atoms with E-state index in [4.69, 9.17) is 9.52 Å². The molecule has 1 rings (SSSR count). The lowest BCUT2D eigenvalue weighted by molar-refractivity contribution is -0.138. The van der Waals surface area contributed by atoms with Crippen LogP contribution in [0, 0.1) is 12.3 Å². The Kier molecular flexibility index (Phi) is 4.11. The van der Waals surface area contributed by atoms with E-state index >= 15 is 0 Å². The second-order valence-corrected chi connectivity index (χ2v) is 5.38. The number of carbonyl (C=O) groups is 2. The lowest BCUT2D eigenvalue weighted by Gasteiger charge is -2.28. The molecule has 0 radical (unpaired) electrons. The minimum atomic E-state index is -1.05. The normalized spacial score (nSPS) is 11.3. The van der Waals surface area contributed by atoms with Gasteiger partial charge < -0.3 is 14.4 Å². The van der Waals surface area contributed by atoms with Crippen LogP contribution in [0.4, 0.5) is 0 Å². The van der Waals surface area contributed by atoms with E-state index in [2.05, 4.69) is 4.98 Å². The summed E-state index contributed by atoms with van der Waals surface area (Å²) in [6.07, 6.45) is 1.18. The van der Waals surface area contributed by atoms with Crippen molar-refractivity contribution in [1.29, 1.82) is 0 Å². The van der Waals surface area contributed by atoms with Crippen LogP contribution in [0.5, 0.6) is 0 Å². The Hall–Kier alpha value is -1.85. The monoisotopic (exact) mass is 254 g/mol. The van der Waals surface area contributed by atoms with Gasteiger partial charge in [0.05, 0.1) is 5.69 Å². The van der Waals surface area contributed by atoms with E-state index in [0.29, 0.717) is 12.2 Å². The molecule has 0 spiro atoms. The van der Waals surface area contributed by atoms with Crippen molar-refractivity contribution in [2.24, 2.45) is 5.41 Å². The minimum absolute atomic E-state index is 0.0977. The summed E-state index contributed by atoms with van der Waals surface area (Å²) < 4.78 is 5.01. The second kappa shape index (κ2) is 5.20. The molecule has 1 heterocycles. The van der Waals surface area contributed by atoms with Crippen molar-refractivity contribution < 1.29 is 19.1 Å². The summed E-state index contributed by atoms with van der Waals surface area (Å²) >= 11 is 0. The molecular formula is C12H18N2O4. The molecule has 1 amide bonds. The number of aliphatic carboxylic acids is 1. The van der Waals surface area contributed by atoms with Gasteiger partial charge >= 0.3 is 5.97 Å². The molecule has 1 N–H and O–H groups in total. The van der Waals surface area contributed by atoms with E-state index in [9.17, 15) is 9.59 Å². The molecule has 0 aromatic carbocycles. The molecule has 0 aliphatic rings. The average molecular weight is 254 g/mol. The summed E-state index contributed by atoms with van der Waals surface area (Å²) in [6.45, 7) is 7.43. The van der Waals surface area contributed by atoms with Gasteiger partial charge in [0.1, 0.15) is 6.54 Å². The van der Waals surface area contributed by atoms with Crippen LogP contribution >= 0.6 is 0 Å². The number of nitrogens with zero attached hydrogens (tertiary/aromatic N) is 2. The Bertz CT molecular complexity index is 445. The van der Waals surface area contributed by atoms with Crippen molar-refractivity contribution in [3.05, 3.63) is 17.8 Å². The summed E-state index contributed by atoms with van der Waals surface area (Å²) in [4.78, 5) is 28.1. The smallest absolute Gasteiger partial charge is 0.323 e. The third-order valence-electron chi connectivity index (χ3n) is 2.22. The Morgan fingerprint density at radius 2 is 2.06 bits per heavy atom. The number of carboxylic acids is 1. The minimum Gasteiger partial charge on any atom is -0.480 e. The lowest BCUT2D eigenvalue weighted by Crippen LogP contribution is -2.41. The number of aromatic nitrogens is 1. The molecule has 1 aromatic rings. The number of rotatable bonds is 4. The quantitative estimate of drug-likeness (QED) is 0.881. The van der Waals surface area contributed by atoms with Crippen molar-refractivity contribution in [3.8, 4) is 0 Å². The van der Waals surface area contributed by atoms with Gasteiger partial charge in [-0.3, -0.25) is 9.59 Å². The first-order valence-electron chi connectivity index (χ1n) is 5.62. The number of oxazole rings is 1. The molecule has 1 aromatic heterocycles. The predicted molar refractivity (Wildman–Crippen MR) is 64.2 cm³/mol. The first kappa shape index (κ1) is 14.2. The Labute approximate surface area is 106 Å². The van der Waals surface area contributed by atoms with Crippen LogP contribution < -0.4 is 0 Å². The molecule has 0 atom stereocenters. The highest BCUT2D eigenvalue weighted by atomic mass is 16.4. The summed E-state index contributed by atoms with van der Waals surface area (Å²) in [5.41, 5.74) is 0.267. The molecule has 0 saturated carbocycles. The topological polar surface area (TPSA) is 83.6 Å². The summed E-state index contributed by atoms with van der Waals surface area (Å²) in [6, 6.07) is 0. The van der Waals surface area contributed by atoms with Crippen molar-refractivity contribution in [1.82, 2.24) is 9.88 Å². The van der Waals surface area contributed by atoms with Crippen LogP contribution in [0.2, 0.25) is 0 Å². The van der Waals surface area contributed by atoms with Crippen LogP contribution in [0.3, 0.4) is 0 Å². The summed E-state index contributed by atoms with van der Waals surface area (Å²) in [7, 11) is 0. The molecule has 100 valence electrons. The van der Waals surface area contributed by atoms with Gasteiger partial charge in [-0.1, -0.05) is 20.8 Å². The van der Waals surface area contributed by atoms with Crippen molar-refractivity contribution >= 4 is 11.9 Å². The Balaban J connectivity index is 2.93. The van der Waals surface area contributed by atoms with Crippen molar-refractivity contribution in [2.75, 3.05) is 13.1 Å². The third-order valence-corrected chi connectivity index (χ3v) is 2.22. The van der Waals surface area contributed by atoms with E-state index in [-0.39, 0.29) is 17.7 Å². The highest BCUT2D eigenvalue weighted by molar-refractivity contribution is 5.94. The zero-order valence-corrected chi connectivity index (χ0v) is 11.1. The molecule has 6 heteroatoms. The highest BCUT2D eigenvalue weighted by Gasteiger charge is 2.27. The van der Waals surface area contributed by atoms with E-state index in [0.717, 1.165) is 0 Å². The zero-order valence-electron chi connectivity index (χ0n) is 11.1. The lowest BCUT2D eigenvalue weighted by atomic mass is 9.96. The van der Waals surface area contributed by atoms with Gasteiger partial charge in [-0.2, -0.15) is 0 Å². The van der Waals surface area contributed by atoms with Gasteiger partial charge in [0, 0.05) is 6.54 Å². The van der Waals surface area contributed by atoms with Crippen LogP contribution in [0.1, 0.15) is 37.0 Å². The molecule has 0 unspecified atom stereocenters. The van der Waals surface area contributed by atoms with E-state index in [1.165, 1.54) is 11.3 Å². The fourth-order valence-corrected chi connectivity index (χ4v) is 1.59. The average Bonchev–Trinajstić information content (AvgIpc) is 2.59. The number of amides is 1. The number of carbonyl (C=O) groups excluding carboxylic acids is 1. The zero-order chi connectivity index (χ0) is 13.9. The number of aryl methyl sites for hydroxylation is 1. The Morgan fingerprint density at radius 3 is 2.44 bits per heavy atom. The van der Waals surface area contributed by atoms with E-state index < -0.39 is 11.9 Å². The number of hydrogen-bond acceptors (Lipinski definition) is 4. The van der Waals surface area contributed by atoms with E-state index in [1.807, 2.05) is 20.8 Å². The predicted octanol–water partition coefficient (Wildman–Crippen LogP) is 1.56. The summed E-state index contributed by atoms with van der Waals surface area (Å²) in [5, 5.41) is 8.86. The van der Waals surface area contributed by atoms with Gasteiger partial charge in [0.15, 0.2) is 6.39 Å². The maximum Gasteiger partial charge on any atom is 0.323 e. The maximum absolute atomic E-state index is 12.2. The molecule has 18 heavy (non-hydrogen) atoms. The standard InChI is InChI=1S/C12H18N2O4/c1-8-10(18-7-13-8)11(17)14(5-9(15)16)6-12(2,3)4/h7H,5-6H2,1-4H3,(H,15,16). The molecule has 0 bridgehead atoms. The van der Waals surface area contributed by atoms with Crippen molar-refractivity contribution in [3.63, 3.8) is 0 Å². The van der Waals surface area contributed by atoms with Gasteiger partial charge in [0.25, 0.3) is 5.91 Å². The van der Waals surface area contributed by atoms with Gasteiger partial charge in [-0.25, -0.2) is 4.98 Å². The van der Waals surface area contributed by atoms with E-state index in [1.54, 1.807) is 6.92 Å². The van der Waals surface area contributed by atoms with Crippen LogP contribution in [-0.2, 0) is 4.79 Å². The molecule has 6 nitrogen and oxygen atoms in total. The SMILES string of the molecule is Cc1ncoc1C(=O)N(CC(=O)O)CC(C)(C)C. The fraction of sp³-hybridized carbons (Fsp3) is 0.583. The molecule has 0 saturated heterocycles. The molecule has 0 aliphatic heterocycles. The number of carboxylic acid groups (broad SMARTS) is 1. The Morgan fingerprint density at radius 1 is 1.44 bits per heavy atom. The third kappa shape index (κ3) is 3.87. The largest absolute Gasteiger partial charge is 0.480 e. The molecular weight excluding hydrogens is 236 g/mol. The molecule has 0 fully saturated rings. The molecule has 0 aliphatic carbocycles. The van der Waals surface area contributed by atoms with Crippen LogP contribution in [-0.4, -0.2) is 40.0 Å². The van der Waals surface area contributed by atoms with Gasteiger partial charge in [0.2, 0.25) is 5.76 Å². The second-order valence-electron chi connectivity index (χ2n) is 5.38. The van der Waals surface area contributed by atoms with Crippen LogP contribution in [0.15, 0.2) is 10.8 Å². The maximum atomic E-state index is 12.2.